The summed E-state index contributed by atoms with van der Waals surface area (Å²) in [6.07, 6.45) is 0. The molecule has 148 valence electrons. The van der Waals surface area contributed by atoms with E-state index in [4.69, 9.17) is 4.74 Å². The predicted molar refractivity (Wildman–Crippen MR) is 106 cm³/mol. The minimum Gasteiger partial charge on any atom is -0.464 e. The van der Waals surface area contributed by atoms with Gasteiger partial charge in [0.25, 0.3) is 0 Å². The number of imide groups is 1. The van der Waals surface area contributed by atoms with Crippen LogP contribution >= 0.6 is 0 Å². The van der Waals surface area contributed by atoms with Crippen LogP contribution in [0.4, 0.5) is 0 Å². The van der Waals surface area contributed by atoms with Crippen LogP contribution in [-0.4, -0.2) is 35.8 Å². The van der Waals surface area contributed by atoms with E-state index in [2.05, 4.69) is 24.3 Å². The fourth-order valence-corrected chi connectivity index (χ4v) is 5.33. The second kappa shape index (κ2) is 6.55. The molecule has 1 aliphatic heterocycles. The van der Waals surface area contributed by atoms with Gasteiger partial charge in [0.2, 0.25) is 11.8 Å². The molecule has 0 N–H and O–H groups in total. The van der Waals surface area contributed by atoms with E-state index in [0.717, 1.165) is 27.2 Å². The molecule has 2 amide bonds. The van der Waals surface area contributed by atoms with Crippen molar-refractivity contribution >= 4 is 17.8 Å². The molecule has 3 aliphatic carbocycles. The highest BCUT2D eigenvalue weighted by molar-refractivity contribution is 6.09. The Morgan fingerprint density at radius 1 is 0.862 bits per heavy atom. The number of benzene rings is 2. The lowest BCUT2D eigenvalue weighted by molar-refractivity contribution is -0.153. The third-order valence-electron chi connectivity index (χ3n) is 6.40. The maximum absolute atomic E-state index is 13.3. The Morgan fingerprint density at radius 3 is 1.66 bits per heavy atom. The van der Waals surface area contributed by atoms with Crippen LogP contribution < -0.4 is 0 Å². The highest BCUT2D eigenvalue weighted by Crippen LogP contribution is 2.60. The van der Waals surface area contributed by atoms with Crippen molar-refractivity contribution in [3.8, 4) is 0 Å². The smallest absolute Gasteiger partial charge is 0.326 e. The fourth-order valence-electron chi connectivity index (χ4n) is 5.33. The van der Waals surface area contributed by atoms with Crippen molar-refractivity contribution < 1.29 is 19.1 Å². The van der Waals surface area contributed by atoms with Crippen LogP contribution in [0.15, 0.2) is 48.5 Å². The van der Waals surface area contributed by atoms with E-state index in [1.165, 1.54) is 0 Å². The molecule has 5 nitrogen and oxygen atoms in total. The molecule has 1 heterocycles. The molecule has 2 atom stereocenters. The van der Waals surface area contributed by atoms with Crippen molar-refractivity contribution in [3.05, 3.63) is 70.8 Å². The van der Waals surface area contributed by atoms with Gasteiger partial charge < -0.3 is 4.74 Å². The normalized spacial score (nSPS) is 26.4. The van der Waals surface area contributed by atoms with Crippen LogP contribution in [0.1, 0.15) is 47.9 Å². The zero-order valence-electron chi connectivity index (χ0n) is 16.5. The zero-order chi connectivity index (χ0) is 20.3. The number of hydrogen-bond donors (Lipinski definition) is 0. The highest BCUT2D eigenvalue weighted by atomic mass is 16.5. The Morgan fingerprint density at radius 2 is 1.28 bits per heavy atom. The zero-order valence-corrected chi connectivity index (χ0v) is 16.5. The molecule has 2 bridgehead atoms. The molecule has 2 aromatic carbocycles. The highest BCUT2D eigenvalue weighted by Gasteiger charge is 2.61. The first kappa shape index (κ1) is 18.1. The van der Waals surface area contributed by atoms with Crippen molar-refractivity contribution in [2.45, 2.75) is 25.7 Å². The molecule has 0 radical (unpaired) electrons. The van der Waals surface area contributed by atoms with Crippen molar-refractivity contribution in [2.24, 2.45) is 17.8 Å². The average molecular weight is 389 g/mol. The van der Waals surface area contributed by atoms with Gasteiger partial charge in [-0.05, 0) is 28.2 Å². The summed E-state index contributed by atoms with van der Waals surface area (Å²) in [5, 5.41) is 0. The van der Waals surface area contributed by atoms with Gasteiger partial charge in [0.15, 0.2) is 0 Å². The van der Waals surface area contributed by atoms with Crippen molar-refractivity contribution in [1.29, 1.82) is 0 Å². The molecule has 0 spiro atoms. The summed E-state index contributed by atoms with van der Waals surface area (Å²) in [4.78, 5) is 40.0. The Kier molecular flexibility index (Phi) is 4.09. The first-order valence-corrected chi connectivity index (χ1v) is 10.2. The summed E-state index contributed by atoms with van der Waals surface area (Å²) in [7, 11) is 0. The van der Waals surface area contributed by atoms with Gasteiger partial charge >= 0.3 is 5.97 Å². The third kappa shape index (κ3) is 2.56. The maximum atomic E-state index is 13.3. The number of hydrogen-bond acceptors (Lipinski definition) is 4. The average Bonchev–Trinajstić information content (AvgIpc) is 2.98. The third-order valence-corrected chi connectivity index (χ3v) is 6.40. The van der Waals surface area contributed by atoms with Crippen LogP contribution in [-0.2, 0) is 19.1 Å². The predicted octanol–water partition coefficient (Wildman–Crippen LogP) is 3.08. The maximum Gasteiger partial charge on any atom is 0.326 e. The van der Waals surface area contributed by atoms with E-state index < -0.39 is 17.8 Å². The topological polar surface area (TPSA) is 63.7 Å². The number of carbonyl (C=O) groups excluding carboxylic acids is 3. The number of rotatable bonds is 4. The Labute approximate surface area is 169 Å². The molecule has 6 rings (SSSR count). The van der Waals surface area contributed by atoms with Crippen LogP contribution in [0.5, 0.6) is 0 Å². The van der Waals surface area contributed by atoms with E-state index in [-0.39, 0.29) is 42.7 Å². The summed E-state index contributed by atoms with van der Waals surface area (Å²) >= 11 is 0. The van der Waals surface area contributed by atoms with E-state index in [1.54, 1.807) is 0 Å². The molecular formula is C24H23NO4. The minimum atomic E-state index is -0.526. The second-order valence-corrected chi connectivity index (χ2v) is 8.60. The van der Waals surface area contributed by atoms with Crippen molar-refractivity contribution in [1.82, 2.24) is 4.90 Å². The number of amides is 2. The van der Waals surface area contributed by atoms with Gasteiger partial charge in [0, 0.05) is 11.8 Å². The monoisotopic (exact) mass is 389 g/mol. The number of nitrogens with zero attached hydrogens (tertiary/aromatic N) is 1. The van der Waals surface area contributed by atoms with E-state index in [9.17, 15) is 14.4 Å². The quantitative estimate of drug-likeness (QED) is 0.596. The van der Waals surface area contributed by atoms with Crippen LogP contribution in [0.25, 0.3) is 0 Å². The number of carbonyl (C=O) groups is 3. The van der Waals surface area contributed by atoms with E-state index in [1.807, 2.05) is 38.1 Å². The Hall–Kier alpha value is -2.95. The molecule has 0 aromatic heterocycles. The summed E-state index contributed by atoms with van der Waals surface area (Å²) < 4.78 is 5.22. The molecule has 1 saturated heterocycles. The molecular weight excluding hydrogens is 366 g/mol. The van der Waals surface area contributed by atoms with Gasteiger partial charge in [-0.25, -0.2) is 0 Å². The molecule has 0 saturated carbocycles. The standard InChI is InChI=1S/C24H23NO4/c1-13(2)12-29-18(26)11-25-23(27)21-19-14-7-3-4-8-15(14)20(22(21)24(25)28)17-10-6-5-9-16(17)19/h3-10,13,19-22H,11-12H2,1-2H3/t19?,20?,21-,22-/m1/s1. The summed E-state index contributed by atoms with van der Waals surface area (Å²) in [5.41, 5.74) is 4.51. The second-order valence-electron chi connectivity index (χ2n) is 8.60. The number of esters is 1. The lowest BCUT2D eigenvalue weighted by atomic mass is 9.55. The lowest BCUT2D eigenvalue weighted by Crippen LogP contribution is -2.41. The molecule has 5 heteroatoms. The van der Waals surface area contributed by atoms with Gasteiger partial charge in [0.05, 0.1) is 18.4 Å². The van der Waals surface area contributed by atoms with Gasteiger partial charge in [-0.3, -0.25) is 19.3 Å². The Balaban J connectivity index is 1.54. The van der Waals surface area contributed by atoms with Gasteiger partial charge in [-0.1, -0.05) is 62.4 Å². The van der Waals surface area contributed by atoms with E-state index in [0.29, 0.717) is 0 Å². The van der Waals surface area contributed by atoms with Crippen LogP contribution in [0.3, 0.4) is 0 Å². The minimum absolute atomic E-state index is 0.148. The number of ether oxygens (including phenoxy) is 1. The molecule has 0 unspecified atom stereocenters. The molecule has 29 heavy (non-hydrogen) atoms. The first-order valence-electron chi connectivity index (χ1n) is 10.2. The SMILES string of the molecule is CC(C)COC(=O)CN1C(=O)[C@@H]2C3c4ccccc4C(c4ccccc43)[C@H]2C1=O. The fraction of sp³-hybridized carbons (Fsp3) is 0.375. The molecule has 2 aromatic rings. The van der Waals surface area contributed by atoms with Gasteiger partial charge in [-0.2, -0.15) is 0 Å². The lowest BCUT2D eigenvalue weighted by Gasteiger charge is -2.45. The van der Waals surface area contributed by atoms with Gasteiger partial charge in [0.1, 0.15) is 6.54 Å². The summed E-state index contributed by atoms with van der Waals surface area (Å²) in [5.74, 6) is -2.02. The largest absolute Gasteiger partial charge is 0.464 e. The van der Waals surface area contributed by atoms with Crippen molar-refractivity contribution in [2.75, 3.05) is 13.2 Å². The van der Waals surface area contributed by atoms with Crippen LogP contribution in [0, 0.1) is 17.8 Å². The Bertz CT molecular complexity index is 912. The van der Waals surface area contributed by atoms with E-state index >= 15 is 0 Å². The first-order chi connectivity index (χ1) is 14.0. The summed E-state index contributed by atoms with van der Waals surface area (Å²) in [6, 6.07) is 16.2. The van der Waals surface area contributed by atoms with Crippen LogP contribution in [0.2, 0.25) is 0 Å². The van der Waals surface area contributed by atoms with Crippen molar-refractivity contribution in [3.63, 3.8) is 0 Å². The molecule has 4 aliphatic rings. The molecule has 1 fully saturated rings. The van der Waals surface area contributed by atoms with Gasteiger partial charge in [-0.15, -0.1) is 0 Å². The number of likely N-dealkylation sites (tertiary alicyclic amines) is 1. The summed E-state index contributed by atoms with van der Waals surface area (Å²) in [6.45, 7) is 3.87.